The smallest absolute Gasteiger partial charge is 0.306 e. The predicted octanol–water partition coefficient (Wildman–Crippen LogP) is 2.79. The molecule has 1 fully saturated rings. The predicted molar refractivity (Wildman–Crippen MR) is 82.1 cm³/mol. The third-order valence-electron chi connectivity index (χ3n) is 4.94. The van der Waals surface area contributed by atoms with Gasteiger partial charge in [0.2, 0.25) is 5.91 Å². The minimum atomic E-state index is -0.778. The SMILES string of the molecule is O=C(O)C1CC(C(=O)N2Cc3cc4ccccc4cc3C2)C1. The number of hydrogen-bond donors (Lipinski definition) is 1. The van der Waals surface area contributed by atoms with E-state index in [0.29, 0.717) is 25.9 Å². The Morgan fingerprint density at radius 3 is 2.00 bits per heavy atom. The van der Waals surface area contributed by atoms with Crippen molar-refractivity contribution in [1.29, 1.82) is 0 Å². The summed E-state index contributed by atoms with van der Waals surface area (Å²) in [5.74, 6) is -1.11. The first kappa shape index (κ1) is 13.3. The highest BCUT2D eigenvalue weighted by atomic mass is 16.4. The molecule has 22 heavy (non-hydrogen) atoms. The molecule has 0 unspecified atom stereocenters. The number of amides is 1. The third-order valence-corrected chi connectivity index (χ3v) is 4.94. The maximum absolute atomic E-state index is 12.5. The summed E-state index contributed by atoms with van der Waals surface area (Å²) in [5.41, 5.74) is 2.42. The molecule has 1 saturated carbocycles. The number of fused-ring (bicyclic) bond motifs is 2. The van der Waals surface area contributed by atoms with Gasteiger partial charge in [-0.15, -0.1) is 0 Å². The number of carbonyl (C=O) groups excluding carboxylic acids is 1. The fourth-order valence-electron chi connectivity index (χ4n) is 3.53. The molecule has 1 N–H and O–H groups in total. The maximum Gasteiger partial charge on any atom is 0.306 e. The van der Waals surface area contributed by atoms with Crippen LogP contribution in [0.2, 0.25) is 0 Å². The Morgan fingerprint density at radius 1 is 0.955 bits per heavy atom. The summed E-state index contributed by atoms with van der Waals surface area (Å²) in [6.45, 7) is 1.29. The van der Waals surface area contributed by atoms with Crippen LogP contribution in [0.1, 0.15) is 24.0 Å². The molecule has 1 aliphatic carbocycles. The number of carboxylic acids is 1. The molecule has 4 heteroatoms. The van der Waals surface area contributed by atoms with E-state index in [1.807, 2.05) is 17.0 Å². The normalized spacial score (nSPS) is 23.2. The Bertz CT molecular complexity index is 732. The van der Waals surface area contributed by atoms with Crippen molar-refractivity contribution in [2.45, 2.75) is 25.9 Å². The van der Waals surface area contributed by atoms with Crippen LogP contribution in [0.5, 0.6) is 0 Å². The highest BCUT2D eigenvalue weighted by molar-refractivity contribution is 5.86. The van der Waals surface area contributed by atoms with Crippen LogP contribution in [0.4, 0.5) is 0 Å². The number of benzene rings is 2. The van der Waals surface area contributed by atoms with Gasteiger partial charge in [-0.25, -0.2) is 0 Å². The lowest BCUT2D eigenvalue weighted by Gasteiger charge is -2.33. The second-order valence-corrected chi connectivity index (χ2v) is 6.37. The Kier molecular flexibility index (Phi) is 2.93. The zero-order chi connectivity index (χ0) is 15.3. The monoisotopic (exact) mass is 295 g/mol. The lowest BCUT2D eigenvalue weighted by Crippen LogP contribution is -2.41. The van der Waals surface area contributed by atoms with Gasteiger partial charge < -0.3 is 10.0 Å². The lowest BCUT2D eigenvalue weighted by molar-refractivity contribution is -0.151. The van der Waals surface area contributed by atoms with Crippen LogP contribution in [0, 0.1) is 11.8 Å². The van der Waals surface area contributed by atoms with E-state index in [0.717, 1.165) is 0 Å². The molecule has 1 heterocycles. The lowest BCUT2D eigenvalue weighted by atomic mass is 9.74. The van der Waals surface area contributed by atoms with Gasteiger partial charge in [-0.1, -0.05) is 24.3 Å². The molecule has 2 aliphatic rings. The fraction of sp³-hybridized carbons (Fsp3) is 0.333. The van der Waals surface area contributed by atoms with Crippen LogP contribution < -0.4 is 0 Å². The van der Waals surface area contributed by atoms with Crippen molar-refractivity contribution >= 4 is 22.6 Å². The molecule has 4 rings (SSSR count). The van der Waals surface area contributed by atoms with Crippen LogP contribution in [-0.4, -0.2) is 21.9 Å². The molecule has 1 amide bonds. The van der Waals surface area contributed by atoms with Gasteiger partial charge in [0.15, 0.2) is 0 Å². The fourth-order valence-corrected chi connectivity index (χ4v) is 3.53. The topological polar surface area (TPSA) is 57.6 Å². The van der Waals surface area contributed by atoms with Crippen LogP contribution in [0.15, 0.2) is 36.4 Å². The average Bonchev–Trinajstić information content (AvgIpc) is 2.85. The minimum absolute atomic E-state index is 0.107. The first-order valence-electron chi connectivity index (χ1n) is 7.64. The number of hydrogen-bond acceptors (Lipinski definition) is 2. The van der Waals surface area contributed by atoms with Gasteiger partial charge in [0.25, 0.3) is 0 Å². The first-order valence-corrected chi connectivity index (χ1v) is 7.64. The van der Waals surface area contributed by atoms with Gasteiger partial charge in [-0.3, -0.25) is 9.59 Å². The second-order valence-electron chi connectivity index (χ2n) is 6.37. The summed E-state index contributed by atoms with van der Waals surface area (Å²) < 4.78 is 0. The highest BCUT2D eigenvalue weighted by Gasteiger charge is 2.41. The Balaban J connectivity index is 1.51. The highest BCUT2D eigenvalue weighted by Crippen LogP contribution is 2.37. The number of carbonyl (C=O) groups is 2. The van der Waals surface area contributed by atoms with Crippen molar-refractivity contribution in [3.8, 4) is 0 Å². The zero-order valence-corrected chi connectivity index (χ0v) is 12.2. The standard InChI is InChI=1S/C18H17NO3/c20-17(13-7-14(8-13)18(21)22)19-9-15-5-11-3-1-2-4-12(11)6-16(15)10-19/h1-6,13-14H,7-10H2,(H,21,22). The van der Waals surface area contributed by atoms with Crippen LogP contribution in [0.25, 0.3) is 10.8 Å². The molecule has 2 aromatic carbocycles. The summed E-state index contributed by atoms with van der Waals surface area (Å²) in [5, 5.41) is 11.3. The molecule has 0 saturated heterocycles. The van der Waals surface area contributed by atoms with E-state index in [-0.39, 0.29) is 17.7 Å². The zero-order valence-electron chi connectivity index (χ0n) is 12.2. The Labute approximate surface area is 128 Å². The van der Waals surface area contributed by atoms with E-state index in [2.05, 4.69) is 24.3 Å². The molecular formula is C18H17NO3. The van der Waals surface area contributed by atoms with Crippen molar-refractivity contribution in [2.75, 3.05) is 0 Å². The van der Waals surface area contributed by atoms with E-state index in [4.69, 9.17) is 5.11 Å². The number of carboxylic acid groups (broad SMARTS) is 1. The minimum Gasteiger partial charge on any atom is -0.481 e. The molecule has 4 nitrogen and oxygen atoms in total. The van der Waals surface area contributed by atoms with Crippen molar-refractivity contribution in [2.24, 2.45) is 11.8 Å². The van der Waals surface area contributed by atoms with E-state index in [9.17, 15) is 9.59 Å². The van der Waals surface area contributed by atoms with Gasteiger partial charge in [-0.2, -0.15) is 0 Å². The third kappa shape index (κ3) is 2.06. The molecule has 1 aliphatic heterocycles. The van der Waals surface area contributed by atoms with Crippen molar-refractivity contribution < 1.29 is 14.7 Å². The summed E-state index contributed by atoms with van der Waals surface area (Å²) in [7, 11) is 0. The molecule has 2 aromatic rings. The average molecular weight is 295 g/mol. The van der Waals surface area contributed by atoms with Gasteiger partial charge in [0.05, 0.1) is 5.92 Å². The van der Waals surface area contributed by atoms with Crippen molar-refractivity contribution in [3.63, 3.8) is 0 Å². The van der Waals surface area contributed by atoms with Gasteiger partial charge >= 0.3 is 5.97 Å². The van der Waals surface area contributed by atoms with Gasteiger partial charge in [-0.05, 0) is 46.9 Å². The Morgan fingerprint density at radius 2 is 1.50 bits per heavy atom. The van der Waals surface area contributed by atoms with E-state index in [1.165, 1.54) is 21.9 Å². The molecular weight excluding hydrogens is 278 g/mol. The molecule has 0 bridgehead atoms. The van der Waals surface area contributed by atoms with Gasteiger partial charge in [0, 0.05) is 19.0 Å². The van der Waals surface area contributed by atoms with Crippen LogP contribution >= 0.6 is 0 Å². The summed E-state index contributed by atoms with van der Waals surface area (Å²) in [6.07, 6.45) is 0.978. The Hall–Kier alpha value is -2.36. The second kappa shape index (κ2) is 4.83. The largest absolute Gasteiger partial charge is 0.481 e. The molecule has 0 spiro atoms. The van der Waals surface area contributed by atoms with Gasteiger partial charge in [0.1, 0.15) is 0 Å². The number of rotatable bonds is 2. The molecule has 0 radical (unpaired) electrons. The van der Waals surface area contributed by atoms with Crippen molar-refractivity contribution in [3.05, 3.63) is 47.5 Å². The first-order chi connectivity index (χ1) is 10.6. The van der Waals surface area contributed by atoms with E-state index >= 15 is 0 Å². The van der Waals surface area contributed by atoms with Crippen LogP contribution in [-0.2, 0) is 22.7 Å². The number of nitrogens with zero attached hydrogens (tertiary/aromatic N) is 1. The van der Waals surface area contributed by atoms with Crippen molar-refractivity contribution in [1.82, 2.24) is 4.90 Å². The summed E-state index contributed by atoms with van der Waals surface area (Å²) in [4.78, 5) is 25.2. The molecule has 0 atom stereocenters. The summed E-state index contributed by atoms with van der Waals surface area (Å²) in [6, 6.07) is 12.5. The maximum atomic E-state index is 12.5. The molecule has 0 aromatic heterocycles. The summed E-state index contributed by atoms with van der Waals surface area (Å²) >= 11 is 0. The van der Waals surface area contributed by atoms with E-state index in [1.54, 1.807) is 0 Å². The quantitative estimate of drug-likeness (QED) is 0.927. The number of aliphatic carboxylic acids is 1. The molecule has 112 valence electrons. The van der Waals surface area contributed by atoms with Crippen LogP contribution in [0.3, 0.4) is 0 Å². The van der Waals surface area contributed by atoms with E-state index < -0.39 is 5.97 Å².